The minimum atomic E-state index is -0.187. The molecule has 0 aliphatic carbocycles. The molecule has 0 bridgehead atoms. The maximum Gasteiger partial charge on any atom is 0.258 e. The topological polar surface area (TPSA) is 60.5 Å². The van der Waals surface area contributed by atoms with Gasteiger partial charge in [0.1, 0.15) is 5.01 Å². The summed E-state index contributed by atoms with van der Waals surface area (Å²) in [5, 5.41) is 3.88. The fraction of sp³-hybridized carbons (Fsp3) is 0.273. The molecule has 1 amide bonds. The Morgan fingerprint density at radius 2 is 1.89 bits per heavy atom. The third-order valence-electron chi connectivity index (χ3n) is 4.39. The number of rotatable bonds is 7. The molecule has 28 heavy (non-hydrogen) atoms. The molecule has 146 valence electrons. The molecule has 2 aromatic carbocycles. The number of aromatic nitrogens is 1. The molecule has 0 spiro atoms. The van der Waals surface area contributed by atoms with Crippen LogP contribution in [-0.2, 0) is 11.3 Å². The van der Waals surface area contributed by atoms with Crippen molar-refractivity contribution in [3.05, 3.63) is 64.2 Å². The summed E-state index contributed by atoms with van der Waals surface area (Å²) in [5.74, 6) is 0.987. The van der Waals surface area contributed by atoms with Gasteiger partial charge < -0.3 is 14.8 Å². The van der Waals surface area contributed by atoms with Crippen molar-refractivity contribution in [2.75, 3.05) is 13.7 Å². The second kappa shape index (κ2) is 8.89. The van der Waals surface area contributed by atoms with Crippen LogP contribution in [0, 0.1) is 20.8 Å². The lowest BCUT2D eigenvalue weighted by atomic mass is 10.1. The molecule has 0 aliphatic heterocycles. The molecule has 5 nitrogen and oxygen atoms in total. The van der Waals surface area contributed by atoms with Crippen molar-refractivity contribution in [1.82, 2.24) is 10.3 Å². The number of benzene rings is 2. The summed E-state index contributed by atoms with van der Waals surface area (Å²) in [6.45, 7) is 6.38. The summed E-state index contributed by atoms with van der Waals surface area (Å²) in [6, 6.07) is 13.8. The Kier molecular flexibility index (Phi) is 6.31. The number of amides is 1. The standard InChI is InChI=1S/C22H24N2O3S/c1-14-9-10-18(19(11-14)26-4)27-13-21(25)23-12-20-16(3)24-22(28-20)17-8-6-5-7-15(17)2/h5-11H,12-13H2,1-4H3,(H,23,25). The summed E-state index contributed by atoms with van der Waals surface area (Å²) in [7, 11) is 1.58. The van der Waals surface area contributed by atoms with Gasteiger partial charge in [-0.2, -0.15) is 0 Å². The molecule has 0 radical (unpaired) electrons. The number of aryl methyl sites for hydroxylation is 3. The molecule has 0 aliphatic rings. The van der Waals surface area contributed by atoms with Crippen LogP contribution in [0.25, 0.3) is 10.6 Å². The lowest BCUT2D eigenvalue weighted by Crippen LogP contribution is -2.28. The molecule has 0 saturated carbocycles. The molecular formula is C22H24N2O3S. The molecule has 1 aromatic heterocycles. The van der Waals surface area contributed by atoms with Crippen LogP contribution in [0.15, 0.2) is 42.5 Å². The van der Waals surface area contributed by atoms with Crippen molar-refractivity contribution >= 4 is 17.2 Å². The van der Waals surface area contributed by atoms with E-state index in [0.717, 1.165) is 26.7 Å². The number of hydrogen-bond acceptors (Lipinski definition) is 5. The van der Waals surface area contributed by atoms with E-state index < -0.39 is 0 Å². The van der Waals surface area contributed by atoms with Crippen LogP contribution in [0.3, 0.4) is 0 Å². The van der Waals surface area contributed by atoms with E-state index in [1.165, 1.54) is 5.56 Å². The molecule has 1 heterocycles. The van der Waals surface area contributed by atoms with Crippen LogP contribution in [0.4, 0.5) is 0 Å². The fourth-order valence-electron chi connectivity index (χ4n) is 2.79. The third kappa shape index (κ3) is 4.70. The third-order valence-corrected chi connectivity index (χ3v) is 5.58. The summed E-state index contributed by atoms with van der Waals surface area (Å²) in [6.07, 6.45) is 0. The van der Waals surface area contributed by atoms with Crippen molar-refractivity contribution < 1.29 is 14.3 Å². The highest BCUT2D eigenvalue weighted by atomic mass is 32.1. The van der Waals surface area contributed by atoms with Crippen LogP contribution in [0.2, 0.25) is 0 Å². The summed E-state index contributed by atoms with van der Waals surface area (Å²) in [5.41, 5.74) is 4.32. The van der Waals surface area contributed by atoms with E-state index >= 15 is 0 Å². The van der Waals surface area contributed by atoms with Crippen molar-refractivity contribution in [3.8, 4) is 22.1 Å². The second-order valence-electron chi connectivity index (χ2n) is 6.56. The number of carbonyl (C=O) groups is 1. The Bertz CT molecular complexity index is 982. The first-order valence-corrected chi connectivity index (χ1v) is 9.86. The molecular weight excluding hydrogens is 372 g/mol. The number of hydrogen-bond donors (Lipinski definition) is 1. The molecule has 0 atom stereocenters. The number of nitrogens with zero attached hydrogens (tertiary/aromatic N) is 1. The predicted molar refractivity (Wildman–Crippen MR) is 112 cm³/mol. The van der Waals surface area contributed by atoms with Crippen molar-refractivity contribution in [3.63, 3.8) is 0 Å². The summed E-state index contributed by atoms with van der Waals surface area (Å²) in [4.78, 5) is 17.9. The van der Waals surface area contributed by atoms with Crippen LogP contribution < -0.4 is 14.8 Å². The lowest BCUT2D eigenvalue weighted by molar-refractivity contribution is -0.123. The van der Waals surface area contributed by atoms with Gasteiger partial charge in [0.05, 0.1) is 19.3 Å². The Morgan fingerprint density at radius 3 is 2.64 bits per heavy atom. The SMILES string of the molecule is COc1cc(C)ccc1OCC(=O)NCc1sc(-c2ccccc2C)nc1C. The van der Waals surface area contributed by atoms with Crippen LogP contribution in [0.1, 0.15) is 21.7 Å². The Labute approximate surface area is 169 Å². The number of methoxy groups -OCH3 is 1. The van der Waals surface area contributed by atoms with Crippen molar-refractivity contribution in [2.45, 2.75) is 27.3 Å². The van der Waals surface area contributed by atoms with E-state index in [4.69, 9.17) is 9.47 Å². The molecule has 3 rings (SSSR count). The lowest BCUT2D eigenvalue weighted by Gasteiger charge is -2.11. The monoisotopic (exact) mass is 396 g/mol. The normalized spacial score (nSPS) is 10.6. The average Bonchev–Trinajstić information content (AvgIpc) is 3.06. The van der Waals surface area contributed by atoms with Gasteiger partial charge in [0.25, 0.3) is 5.91 Å². The smallest absolute Gasteiger partial charge is 0.258 e. The number of nitrogens with one attached hydrogen (secondary N) is 1. The maximum atomic E-state index is 12.2. The first kappa shape index (κ1) is 19.9. The minimum Gasteiger partial charge on any atom is -0.493 e. The zero-order valence-electron chi connectivity index (χ0n) is 16.5. The molecule has 3 aromatic rings. The van der Waals surface area contributed by atoms with Crippen LogP contribution in [0.5, 0.6) is 11.5 Å². The average molecular weight is 397 g/mol. The van der Waals surface area contributed by atoms with E-state index in [9.17, 15) is 4.79 Å². The van der Waals surface area contributed by atoms with E-state index in [1.807, 2.05) is 44.2 Å². The summed E-state index contributed by atoms with van der Waals surface area (Å²) < 4.78 is 10.9. The highest BCUT2D eigenvalue weighted by Gasteiger charge is 2.13. The van der Waals surface area contributed by atoms with Gasteiger partial charge >= 0.3 is 0 Å². The first-order chi connectivity index (χ1) is 13.5. The van der Waals surface area contributed by atoms with Crippen molar-refractivity contribution in [2.24, 2.45) is 0 Å². The largest absolute Gasteiger partial charge is 0.493 e. The van der Waals surface area contributed by atoms with Gasteiger partial charge in [0.15, 0.2) is 18.1 Å². The number of carbonyl (C=O) groups excluding carboxylic acids is 1. The zero-order chi connectivity index (χ0) is 20.1. The minimum absolute atomic E-state index is 0.0675. The van der Waals surface area contributed by atoms with Crippen LogP contribution in [-0.4, -0.2) is 24.6 Å². The van der Waals surface area contributed by atoms with Gasteiger partial charge in [-0.3, -0.25) is 4.79 Å². The second-order valence-corrected chi connectivity index (χ2v) is 7.65. The van der Waals surface area contributed by atoms with Gasteiger partial charge in [0, 0.05) is 10.4 Å². The maximum absolute atomic E-state index is 12.2. The quantitative estimate of drug-likeness (QED) is 0.641. The van der Waals surface area contributed by atoms with E-state index in [-0.39, 0.29) is 12.5 Å². The Hall–Kier alpha value is -2.86. The van der Waals surface area contributed by atoms with Gasteiger partial charge in [0.2, 0.25) is 0 Å². The van der Waals surface area contributed by atoms with Gasteiger partial charge in [-0.25, -0.2) is 4.98 Å². The van der Waals surface area contributed by atoms with Gasteiger partial charge in [-0.1, -0.05) is 30.3 Å². The predicted octanol–water partition coefficient (Wildman–Crippen LogP) is 4.44. The van der Waals surface area contributed by atoms with Gasteiger partial charge in [-0.15, -0.1) is 11.3 Å². The van der Waals surface area contributed by atoms with E-state index in [1.54, 1.807) is 18.4 Å². The molecule has 0 saturated heterocycles. The number of ether oxygens (including phenoxy) is 2. The summed E-state index contributed by atoms with van der Waals surface area (Å²) >= 11 is 1.60. The molecule has 6 heteroatoms. The van der Waals surface area contributed by atoms with Gasteiger partial charge in [-0.05, 0) is 44.0 Å². The van der Waals surface area contributed by atoms with Crippen LogP contribution >= 0.6 is 11.3 Å². The first-order valence-electron chi connectivity index (χ1n) is 9.04. The zero-order valence-corrected chi connectivity index (χ0v) is 17.4. The highest BCUT2D eigenvalue weighted by Crippen LogP contribution is 2.30. The van der Waals surface area contributed by atoms with Crippen molar-refractivity contribution in [1.29, 1.82) is 0 Å². The van der Waals surface area contributed by atoms with E-state index in [2.05, 4.69) is 29.4 Å². The molecule has 0 fully saturated rings. The van der Waals surface area contributed by atoms with E-state index in [0.29, 0.717) is 18.0 Å². The Balaban J connectivity index is 1.59. The number of thiazole rings is 1. The fourth-order valence-corrected chi connectivity index (χ4v) is 3.88. The molecule has 0 unspecified atom stereocenters. The Morgan fingerprint density at radius 1 is 1.11 bits per heavy atom. The molecule has 1 N–H and O–H groups in total. The highest BCUT2D eigenvalue weighted by molar-refractivity contribution is 7.15.